The van der Waals surface area contributed by atoms with Gasteiger partial charge in [0, 0.05) is 50.1 Å². The average Bonchev–Trinajstić information content (AvgIpc) is 3.25. The van der Waals surface area contributed by atoms with E-state index in [9.17, 15) is 14.4 Å². The second kappa shape index (κ2) is 17.0. The van der Waals surface area contributed by atoms with Gasteiger partial charge in [-0.25, -0.2) is 24.5 Å². The molecule has 0 unspecified atom stereocenters. The third-order valence-electron chi connectivity index (χ3n) is 8.42. The zero-order valence-corrected chi connectivity index (χ0v) is 29.8. The van der Waals surface area contributed by atoms with Crippen LogP contribution in [0.5, 0.6) is 5.75 Å². The first-order valence-electron chi connectivity index (χ1n) is 17.3. The summed E-state index contributed by atoms with van der Waals surface area (Å²) in [5, 5.41) is 18.3. The smallest absolute Gasteiger partial charge is 0.335 e. The molecule has 0 bridgehead atoms. The van der Waals surface area contributed by atoms with E-state index in [0.717, 1.165) is 38.9 Å². The number of carbonyl (C=O) groups excluding carboxylic acids is 1. The normalized spacial score (nSPS) is 10.0. The Morgan fingerprint density at radius 2 is 0.649 bits per heavy atom. The molecule has 0 aliphatic carbocycles. The Hall–Kier alpha value is -8.58. The lowest BCUT2D eigenvalue weighted by atomic mass is 10.1. The quantitative estimate of drug-likeness (QED) is 0.123. The Balaban J connectivity index is 1.17. The molecule has 0 saturated carbocycles. The number of rotatable bonds is 7. The van der Waals surface area contributed by atoms with Gasteiger partial charge in [-0.05, 0) is 146 Å². The van der Waals surface area contributed by atoms with Crippen molar-refractivity contribution < 1.29 is 29.3 Å². The van der Waals surface area contributed by atoms with Gasteiger partial charge in [-0.15, -0.1) is 0 Å². The van der Waals surface area contributed by atoms with Crippen LogP contribution in [0, 0.1) is 35.5 Å². The van der Waals surface area contributed by atoms with Gasteiger partial charge in [0.05, 0.1) is 11.1 Å². The Labute approximate surface area is 327 Å². The van der Waals surface area contributed by atoms with E-state index in [1.165, 1.54) is 24.3 Å². The molecule has 0 radical (unpaired) electrons. The molecule has 7 rings (SSSR count). The molecular weight excluding hydrogens is 715 g/mol. The summed E-state index contributed by atoms with van der Waals surface area (Å²) in [6.07, 6.45) is 0. The first-order valence-corrected chi connectivity index (χ1v) is 17.3. The molecule has 0 amide bonds. The molecule has 7 aromatic rings. The summed E-state index contributed by atoms with van der Waals surface area (Å²) in [4.78, 5) is 47.5. The molecule has 57 heavy (non-hydrogen) atoms. The SMILES string of the molecule is O=COc1ccc(C#Cc2ccc(-c3nc(-c4ccc(C#Cc5ccc(C(=O)O)cc5)cc4)nc(-c4ccc(C#Cc5ccc(C(=O)O)cc5)cc4)n3)cc2)cc1. The number of aromatic nitrogens is 3. The summed E-state index contributed by atoms with van der Waals surface area (Å²) < 4.78 is 4.85. The van der Waals surface area contributed by atoms with Crippen LogP contribution in [0.1, 0.15) is 54.1 Å². The third kappa shape index (κ3) is 9.51. The largest absolute Gasteiger partial charge is 0.478 e. The van der Waals surface area contributed by atoms with Crippen LogP contribution in [0.2, 0.25) is 0 Å². The van der Waals surface area contributed by atoms with Crippen LogP contribution in [0.15, 0.2) is 146 Å². The number of hydrogen-bond donors (Lipinski definition) is 2. The fourth-order valence-corrected chi connectivity index (χ4v) is 5.37. The van der Waals surface area contributed by atoms with Crippen LogP contribution in [-0.4, -0.2) is 43.6 Å². The molecular formula is C48H27N3O6. The molecule has 9 heteroatoms. The van der Waals surface area contributed by atoms with E-state index in [1.807, 2.05) is 72.8 Å². The highest BCUT2D eigenvalue weighted by Crippen LogP contribution is 2.26. The molecule has 0 fully saturated rings. The Kier molecular flexibility index (Phi) is 11.0. The van der Waals surface area contributed by atoms with E-state index in [0.29, 0.717) is 40.8 Å². The lowest BCUT2D eigenvalue weighted by molar-refractivity contribution is -0.120. The molecule has 0 atom stereocenters. The Bertz CT molecular complexity index is 2660. The number of aromatic carboxylic acids is 2. The van der Waals surface area contributed by atoms with Gasteiger partial charge in [0.1, 0.15) is 5.75 Å². The fraction of sp³-hybridized carbons (Fsp3) is 0. The minimum atomic E-state index is -0.991. The highest BCUT2D eigenvalue weighted by Gasteiger charge is 2.13. The minimum absolute atomic E-state index is 0.198. The molecule has 0 spiro atoms. The van der Waals surface area contributed by atoms with Crippen molar-refractivity contribution in [2.24, 2.45) is 0 Å². The molecule has 2 N–H and O–H groups in total. The molecule has 9 nitrogen and oxygen atoms in total. The van der Waals surface area contributed by atoms with E-state index in [-0.39, 0.29) is 11.1 Å². The maximum atomic E-state index is 11.2. The van der Waals surface area contributed by atoms with Crippen molar-refractivity contribution in [3.8, 4) is 75.4 Å². The monoisotopic (exact) mass is 741 g/mol. The minimum Gasteiger partial charge on any atom is -0.478 e. The fourth-order valence-electron chi connectivity index (χ4n) is 5.37. The Morgan fingerprint density at radius 3 is 0.895 bits per heavy atom. The molecule has 0 saturated heterocycles. The van der Waals surface area contributed by atoms with Gasteiger partial charge < -0.3 is 14.9 Å². The number of carboxylic acids is 2. The van der Waals surface area contributed by atoms with Crippen LogP contribution < -0.4 is 4.74 Å². The highest BCUT2D eigenvalue weighted by molar-refractivity contribution is 5.88. The van der Waals surface area contributed by atoms with Crippen LogP contribution in [0.4, 0.5) is 0 Å². The predicted octanol–water partition coefficient (Wildman–Crippen LogP) is 8.00. The standard InChI is InChI=1S/C48H27N3O6/c52-31-57-43-29-17-37(18-30-43)6-5-34-11-23-40(24-12-34)46-50-44(38-19-7-32(8-20-38)1-3-35-13-25-41(26-14-35)47(53)54)49-45(51-46)39-21-9-33(10-22-39)2-4-36-15-27-42(28-16-36)48(55)56/h7-31H,(H,53,54)(H,55,56). The van der Waals surface area contributed by atoms with Gasteiger partial charge in [-0.2, -0.15) is 0 Å². The van der Waals surface area contributed by atoms with E-state index < -0.39 is 11.9 Å². The first kappa shape index (κ1) is 36.8. The van der Waals surface area contributed by atoms with Gasteiger partial charge in [0.25, 0.3) is 6.47 Å². The van der Waals surface area contributed by atoms with E-state index in [1.54, 1.807) is 48.5 Å². The van der Waals surface area contributed by atoms with Gasteiger partial charge in [-0.1, -0.05) is 35.5 Å². The molecule has 0 aliphatic heterocycles. The van der Waals surface area contributed by atoms with E-state index in [2.05, 4.69) is 35.5 Å². The van der Waals surface area contributed by atoms with Gasteiger partial charge in [0.15, 0.2) is 17.5 Å². The predicted molar refractivity (Wildman–Crippen MR) is 214 cm³/mol. The second-order valence-corrected chi connectivity index (χ2v) is 12.3. The molecule has 1 aromatic heterocycles. The lowest BCUT2D eigenvalue weighted by Gasteiger charge is -2.09. The van der Waals surface area contributed by atoms with Crippen LogP contribution in [0.25, 0.3) is 34.2 Å². The van der Waals surface area contributed by atoms with Crippen LogP contribution >= 0.6 is 0 Å². The van der Waals surface area contributed by atoms with Crippen molar-refractivity contribution >= 4 is 18.4 Å². The topological polar surface area (TPSA) is 140 Å². The summed E-state index contributed by atoms with van der Waals surface area (Å²) in [7, 11) is 0. The lowest BCUT2D eigenvalue weighted by Crippen LogP contribution is -2.00. The first-order chi connectivity index (χ1) is 27.8. The average molecular weight is 742 g/mol. The number of carbonyl (C=O) groups is 3. The van der Waals surface area contributed by atoms with Gasteiger partial charge in [-0.3, -0.25) is 4.79 Å². The van der Waals surface area contributed by atoms with Crippen molar-refractivity contribution in [2.75, 3.05) is 0 Å². The van der Waals surface area contributed by atoms with Gasteiger partial charge >= 0.3 is 11.9 Å². The van der Waals surface area contributed by atoms with Crippen molar-refractivity contribution in [1.29, 1.82) is 0 Å². The van der Waals surface area contributed by atoms with Crippen molar-refractivity contribution in [1.82, 2.24) is 15.0 Å². The second-order valence-electron chi connectivity index (χ2n) is 12.3. The highest BCUT2D eigenvalue weighted by atomic mass is 16.5. The van der Waals surface area contributed by atoms with Crippen LogP contribution in [-0.2, 0) is 4.79 Å². The number of ether oxygens (including phenoxy) is 1. The maximum absolute atomic E-state index is 11.2. The van der Waals surface area contributed by atoms with Crippen LogP contribution in [0.3, 0.4) is 0 Å². The van der Waals surface area contributed by atoms with E-state index in [4.69, 9.17) is 29.9 Å². The molecule has 270 valence electrons. The van der Waals surface area contributed by atoms with Crippen molar-refractivity contribution in [3.63, 3.8) is 0 Å². The summed E-state index contributed by atoms with van der Waals surface area (Å²) in [5.74, 6) is 18.4. The molecule has 0 aliphatic rings. The Morgan fingerprint density at radius 1 is 0.404 bits per heavy atom. The van der Waals surface area contributed by atoms with E-state index >= 15 is 0 Å². The maximum Gasteiger partial charge on any atom is 0.335 e. The third-order valence-corrected chi connectivity index (χ3v) is 8.42. The zero-order chi connectivity index (χ0) is 39.6. The summed E-state index contributed by atoms with van der Waals surface area (Å²) >= 11 is 0. The zero-order valence-electron chi connectivity index (χ0n) is 29.8. The van der Waals surface area contributed by atoms with Crippen molar-refractivity contribution in [3.05, 3.63) is 190 Å². The molecule has 1 heterocycles. The number of hydrogen-bond acceptors (Lipinski definition) is 7. The van der Waals surface area contributed by atoms with Crippen molar-refractivity contribution in [2.45, 2.75) is 0 Å². The molecule has 6 aromatic carbocycles. The van der Waals surface area contributed by atoms with Gasteiger partial charge in [0.2, 0.25) is 0 Å². The number of benzene rings is 6. The number of carboxylic acid groups (broad SMARTS) is 2. The summed E-state index contributed by atoms with van der Waals surface area (Å²) in [5.41, 5.74) is 7.10. The number of nitrogens with zero attached hydrogens (tertiary/aromatic N) is 3. The summed E-state index contributed by atoms with van der Waals surface area (Å²) in [6, 6.07) is 42.3. The summed E-state index contributed by atoms with van der Waals surface area (Å²) in [6.45, 7) is 0.379.